The Morgan fingerprint density at radius 1 is 1.07 bits per heavy atom. The number of para-hydroxylation sites is 2. The van der Waals surface area contributed by atoms with E-state index >= 15 is 0 Å². The average molecular weight is 401 g/mol. The lowest BCUT2D eigenvalue weighted by Crippen LogP contribution is -2.39. The molecule has 1 unspecified atom stereocenters. The van der Waals surface area contributed by atoms with Crippen LogP contribution in [0.25, 0.3) is 11.0 Å². The summed E-state index contributed by atoms with van der Waals surface area (Å²) in [5.41, 5.74) is 1.76. The first-order valence-electron chi connectivity index (χ1n) is 10.7. The summed E-state index contributed by atoms with van der Waals surface area (Å²) in [5, 5.41) is 3.02. The summed E-state index contributed by atoms with van der Waals surface area (Å²) in [6.07, 6.45) is 1.28. The lowest BCUT2D eigenvalue weighted by Gasteiger charge is -2.27. The number of hydrogen-bond acceptors (Lipinski definition) is 3. The Bertz CT molecular complexity index is 815. The van der Waals surface area contributed by atoms with E-state index in [1.807, 2.05) is 47.6 Å². The summed E-state index contributed by atoms with van der Waals surface area (Å²) in [4.78, 5) is 32.0. The number of carbonyl (C=O) groups is 2. The van der Waals surface area contributed by atoms with Crippen LogP contribution >= 0.6 is 0 Å². The Balaban J connectivity index is 2.34. The van der Waals surface area contributed by atoms with E-state index in [2.05, 4.69) is 33.0 Å². The summed E-state index contributed by atoms with van der Waals surface area (Å²) in [6, 6.07) is 7.55. The highest BCUT2D eigenvalue weighted by molar-refractivity contribution is 5.82. The third kappa shape index (κ3) is 6.31. The minimum atomic E-state index is -0.266. The van der Waals surface area contributed by atoms with Crippen LogP contribution in [0, 0.1) is 11.8 Å². The van der Waals surface area contributed by atoms with Crippen LogP contribution in [-0.2, 0) is 16.1 Å². The van der Waals surface area contributed by atoms with Gasteiger partial charge in [0, 0.05) is 19.5 Å². The van der Waals surface area contributed by atoms with Crippen molar-refractivity contribution in [2.75, 3.05) is 13.1 Å². The molecule has 2 aromatic rings. The third-order valence-electron chi connectivity index (χ3n) is 4.74. The van der Waals surface area contributed by atoms with E-state index < -0.39 is 0 Å². The van der Waals surface area contributed by atoms with Gasteiger partial charge in [0.25, 0.3) is 0 Å². The first-order valence-corrected chi connectivity index (χ1v) is 10.7. The molecule has 1 aromatic heterocycles. The van der Waals surface area contributed by atoms with Crippen molar-refractivity contribution in [1.82, 2.24) is 19.8 Å². The molecule has 0 radical (unpaired) electrons. The molecule has 2 amide bonds. The zero-order chi connectivity index (χ0) is 21.6. The number of rotatable bonds is 10. The van der Waals surface area contributed by atoms with E-state index in [0.29, 0.717) is 18.3 Å². The summed E-state index contributed by atoms with van der Waals surface area (Å²) < 4.78 is 1.96. The molecule has 6 nitrogen and oxygen atoms in total. The van der Waals surface area contributed by atoms with Crippen LogP contribution in [0.2, 0.25) is 0 Å². The molecular formula is C23H36N4O2. The number of nitrogens with zero attached hydrogens (tertiary/aromatic N) is 3. The number of amides is 2. The van der Waals surface area contributed by atoms with Crippen molar-refractivity contribution in [1.29, 1.82) is 0 Å². The van der Waals surface area contributed by atoms with Crippen molar-refractivity contribution in [3.8, 4) is 0 Å². The second kappa shape index (κ2) is 10.4. The number of aromatic nitrogens is 2. The summed E-state index contributed by atoms with van der Waals surface area (Å²) in [6.45, 7) is 14.1. The molecule has 2 rings (SSSR count). The number of benzene rings is 1. The van der Waals surface area contributed by atoms with Gasteiger partial charge < -0.3 is 14.8 Å². The van der Waals surface area contributed by atoms with Gasteiger partial charge in [-0.05, 0) is 37.3 Å². The molecule has 0 aliphatic carbocycles. The summed E-state index contributed by atoms with van der Waals surface area (Å²) in [5.74, 6) is 1.63. The van der Waals surface area contributed by atoms with E-state index in [1.54, 1.807) is 0 Å². The van der Waals surface area contributed by atoms with Crippen LogP contribution in [0.15, 0.2) is 24.3 Å². The second-order valence-corrected chi connectivity index (χ2v) is 8.67. The first kappa shape index (κ1) is 22.9. The maximum atomic E-state index is 13.2. The monoisotopic (exact) mass is 400 g/mol. The molecule has 1 N–H and O–H groups in total. The highest BCUT2D eigenvalue weighted by Crippen LogP contribution is 2.21. The number of nitrogens with one attached hydrogen (secondary N) is 1. The molecule has 0 aliphatic rings. The molecule has 0 bridgehead atoms. The van der Waals surface area contributed by atoms with Crippen molar-refractivity contribution in [3.63, 3.8) is 0 Å². The van der Waals surface area contributed by atoms with Crippen LogP contribution in [-0.4, -0.2) is 39.4 Å². The second-order valence-electron chi connectivity index (χ2n) is 8.67. The maximum absolute atomic E-state index is 13.2. The molecule has 0 saturated carbocycles. The lowest BCUT2D eigenvalue weighted by molar-refractivity contribution is -0.132. The van der Waals surface area contributed by atoms with E-state index in [-0.39, 0.29) is 24.4 Å². The van der Waals surface area contributed by atoms with Crippen molar-refractivity contribution in [2.45, 2.75) is 67.0 Å². The molecule has 0 aliphatic heterocycles. The molecule has 0 fully saturated rings. The summed E-state index contributed by atoms with van der Waals surface area (Å²) >= 11 is 0. The van der Waals surface area contributed by atoms with Gasteiger partial charge in [0.1, 0.15) is 12.4 Å². The maximum Gasteiger partial charge on any atom is 0.242 e. The Morgan fingerprint density at radius 2 is 1.69 bits per heavy atom. The molecule has 29 heavy (non-hydrogen) atoms. The van der Waals surface area contributed by atoms with Gasteiger partial charge >= 0.3 is 0 Å². The fraction of sp³-hybridized carbons (Fsp3) is 0.609. The topological polar surface area (TPSA) is 67.2 Å². The predicted molar refractivity (Wildman–Crippen MR) is 117 cm³/mol. The molecule has 0 saturated heterocycles. The molecule has 1 aromatic carbocycles. The minimum absolute atomic E-state index is 0.00572. The Kier molecular flexibility index (Phi) is 8.23. The summed E-state index contributed by atoms with van der Waals surface area (Å²) in [7, 11) is 0. The fourth-order valence-corrected chi connectivity index (χ4v) is 3.59. The predicted octanol–water partition coefficient (Wildman–Crippen LogP) is 4.15. The SMILES string of the molecule is CCCC(=O)NC(C)c1nc2ccccc2n1CC(=O)N(CC(C)C)CC(C)C. The van der Waals surface area contributed by atoms with Crippen LogP contribution in [0.1, 0.15) is 66.3 Å². The van der Waals surface area contributed by atoms with Crippen LogP contribution in [0.5, 0.6) is 0 Å². The first-order chi connectivity index (χ1) is 13.7. The molecule has 0 spiro atoms. The van der Waals surface area contributed by atoms with Crippen LogP contribution < -0.4 is 5.32 Å². The standard InChI is InChI=1S/C23H36N4O2/c1-7-10-21(28)24-18(6)23-25-19-11-8-9-12-20(19)27(23)15-22(29)26(13-16(2)3)14-17(4)5/h8-9,11-12,16-18H,7,10,13-15H2,1-6H3,(H,24,28). The van der Waals surface area contributed by atoms with E-state index in [9.17, 15) is 9.59 Å². The Morgan fingerprint density at radius 3 is 2.28 bits per heavy atom. The third-order valence-corrected chi connectivity index (χ3v) is 4.74. The number of hydrogen-bond donors (Lipinski definition) is 1. The number of carbonyl (C=O) groups excluding carboxylic acids is 2. The molecule has 160 valence electrons. The van der Waals surface area contributed by atoms with Gasteiger partial charge in [0.05, 0.1) is 17.1 Å². The molecule has 6 heteroatoms. The van der Waals surface area contributed by atoms with Gasteiger partial charge in [-0.1, -0.05) is 46.8 Å². The van der Waals surface area contributed by atoms with Gasteiger partial charge in [-0.15, -0.1) is 0 Å². The molecule has 1 atom stereocenters. The van der Waals surface area contributed by atoms with Crippen molar-refractivity contribution < 1.29 is 9.59 Å². The number of fused-ring (bicyclic) bond motifs is 1. The largest absolute Gasteiger partial charge is 0.346 e. The average Bonchev–Trinajstić information content (AvgIpc) is 2.99. The Hall–Kier alpha value is -2.37. The van der Waals surface area contributed by atoms with E-state index in [0.717, 1.165) is 36.4 Å². The Labute approximate surface area is 174 Å². The van der Waals surface area contributed by atoms with Crippen molar-refractivity contribution >= 4 is 22.8 Å². The van der Waals surface area contributed by atoms with Crippen molar-refractivity contribution in [2.24, 2.45) is 11.8 Å². The molecule has 1 heterocycles. The number of imidazole rings is 1. The molecular weight excluding hydrogens is 364 g/mol. The van der Waals surface area contributed by atoms with Gasteiger partial charge in [0.15, 0.2) is 0 Å². The lowest BCUT2D eigenvalue weighted by atomic mass is 10.1. The highest BCUT2D eigenvalue weighted by Gasteiger charge is 2.23. The zero-order valence-electron chi connectivity index (χ0n) is 18.7. The highest BCUT2D eigenvalue weighted by atomic mass is 16.2. The van der Waals surface area contributed by atoms with Gasteiger partial charge in [0.2, 0.25) is 11.8 Å². The van der Waals surface area contributed by atoms with Gasteiger partial charge in [-0.3, -0.25) is 9.59 Å². The minimum Gasteiger partial charge on any atom is -0.346 e. The van der Waals surface area contributed by atoms with Gasteiger partial charge in [-0.2, -0.15) is 0 Å². The van der Waals surface area contributed by atoms with Crippen LogP contribution in [0.3, 0.4) is 0 Å². The smallest absolute Gasteiger partial charge is 0.242 e. The fourth-order valence-electron chi connectivity index (χ4n) is 3.59. The van der Waals surface area contributed by atoms with E-state index in [4.69, 9.17) is 4.98 Å². The zero-order valence-corrected chi connectivity index (χ0v) is 18.7. The normalized spacial score (nSPS) is 12.6. The van der Waals surface area contributed by atoms with Gasteiger partial charge in [-0.25, -0.2) is 4.98 Å². The van der Waals surface area contributed by atoms with E-state index in [1.165, 1.54) is 0 Å². The van der Waals surface area contributed by atoms with Crippen LogP contribution in [0.4, 0.5) is 0 Å². The van der Waals surface area contributed by atoms with Crippen molar-refractivity contribution in [3.05, 3.63) is 30.1 Å². The quantitative estimate of drug-likeness (QED) is 0.651.